The molecule has 0 saturated carbocycles. The van der Waals surface area contributed by atoms with Gasteiger partial charge in [0.15, 0.2) is 0 Å². The number of hydrogen-bond donors (Lipinski definition) is 1. The number of nitrogens with two attached hydrogens (primary N) is 1. The highest BCUT2D eigenvalue weighted by molar-refractivity contribution is 5.80. The van der Waals surface area contributed by atoms with Crippen LogP contribution in [0, 0.1) is 17.5 Å². The largest absolute Gasteiger partial charge is 0.370 e. The van der Waals surface area contributed by atoms with Crippen molar-refractivity contribution in [3.63, 3.8) is 0 Å². The van der Waals surface area contributed by atoms with Crippen molar-refractivity contribution in [1.82, 2.24) is 4.90 Å². The second kappa shape index (κ2) is 9.94. The van der Waals surface area contributed by atoms with Gasteiger partial charge in [-0.1, -0.05) is 36.4 Å². The molecule has 0 aromatic heterocycles. The topological polar surface area (TPSA) is 63.4 Å². The highest BCUT2D eigenvalue weighted by atomic mass is 19.1. The van der Waals surface area contributed by atoms with Crippen molar-refractivity contribution in [2.24, 2.45) is 5.73 Å². The van der Waals surface area contributed by atoms with E-state index in [0.29, 0.717) is 30.5 Å². The van der Waals surface area contributed by atoms with Crippen LogP contribution >= 0.6 is 0 Å². The van der Waals surface area contributed by atoms with Crippen LogP contribution in [0.4, 0.5) is 13.2 Å². The molecule has 2 N–H and O–H groups in total. The molecular formula is C28H27F3N2O2. The smallest absolute Gasteiger partial charge is 0.223 e. The van der Waals surface area contributed by atoms with Gasteiger partial charge in [0.25, 0.3) is 0 Å². The summed E-state index contributed by atoms with van der Waals surface area (Å²) in [5.74, 6) is -2.13. The van der Waals surface area contributed by atoms with Crippen molar-refractivity contribution in [2.45, 2.75) is 44.1 Å². The summed E-state index contributed by atoms with van der Waals surface area (Å²) in [5.41, 5.74) is 7.44. The lowest BCUT2D eigenvalue weighted by molar-refractivity contribution is -0.139. The maximum absolute atomic E-state index is 14.1. The number of nitrogens with zero attached hydrogens (tertiary/aromatic N) is 1. The number of likely N-dealkylation sites (tertiary alicyclic amines) is 1. The van der Waals surface area contributed by atoms with E-state index in [1.165, 1.54) is 24.3 Å². The van der Waals surface area contributed by atoms with Gasteiger partial charge in [-0.15, -0.1) is 0 Å². The zero-order valence-corrected chi connectivity index (χ0v) is 19.4. The lowest BCUT2D eigenvalue weighted by Gasteiger charge is -2.44. The Bertz CT molecular complexity index is 1230. The number of carbonyl (C=O) groups is 2. The summed E-state index contributed by atoms with van der Waals surface area (Å²) >= 11 is 0. The number of hydrogen-bond acceptors (Lipinski definition) is 2. The summed E-state index contributed by atoms with van der Waals surface area (Å²) in [7, 11) is 0. The van der Waals surface area contributed by atoms with Gasteiger partial charge in [-0.2, -0.15) is 0 Å². The van der Waals surface area contributed by atoms with Crippen molar-refractivity contribution < 1.29 is 22.8 Å². The molecule has 1 heterocycles. The molecule has 3 aromatic rings. The SMILES string of the molecule is C[C@@H](c1ccc(-c2ccc(F)cc2F)cc1)N1CCC(CCC(N)=O)(c2ccc(F)cc2)CC1=O. The molecule has 0 aliphatic carbocycles. The minimum absolute atomic E-state index is 0.0637. The van der Waals surface area contributed by atoms with Crippen LogP contribution in [0.1, 0.15) is 49.8 Å². The first kappa shape index (κ1) is 24.5. The Balaban J connectivity index is 1.53. The van der Waals surface area contributed by atoms with Crippen molar-refractivity contribution in [2.75, 3.05) is 6.54 Å². The molecule has 182 valence electrons. The minimum Gasteiger partial charge on any atom is -0.370 e. The van der Waals surface area contributed by atoms with Gasteiger partial charge < -0.3 is 10.6 Å². The van der Waals surface area contributed by atoms with Gasteiger partial charge in [-0.05, 0) is 60.7 Å². The van der Waals surface area contributed by atoms with Crippen LogP contribution in [0.15, 0.2) is 66.7 Å². The zero-order valence-electron chi connectivity index (χ0n) is 19.4. The van der Waals surface area contributed by atoms with Crippen LogP contribution < -0.4 is 5.73 Å². The third-order valence-electron chi connectivity index (χ3n) is 7.05. The number of amides is 2. The third kappa shape index (κ3) is 5.24. The minimum atomic E-state index is -0.634. The predicted molar refractivity (Wildman–Crippen MR) is 128 cm³/mol. The number of benzene rings is 3. The highest BCUT2D eigenvalue weighted by Crippen LogP contribution is 2.42. The van der Waals surface area contributed by atoms with E-state index in [1.54, 1.807) is 29.2 Å². The van der Waals surface area contributed by atoms with Crippen molar-refractivity contribution in [1.29, 1.82) is 0 Å². The van der Waals surface area contributed by atoms with E-state index in [4.69, 9.17) is 5.73 Å². The van der Waals surface area contributed by atoms with Gasteiger partial charge in [0.1, 0.15) is 17.5 Å². The van der Waals surface area contributed by atoms with E-state index in [1.807, 2.05) is 19.1 Å². The maximum atomic E-state index is 14.1. The Morgan fingerprint density at radius 1 is 1.00 bits per heavy atom. The molecule has 0 radical (unpaired) electrons. The number of rotatable bonds is 7. The van der Waals surface area contributed by atoms with Crippen LogP contribution in [0.5, 0.6) is 0 Å². The normalized spacial score (nSPS) is 19.0. The van der Waals surface area contributed by atoms with Crippen LogP contribution in [0.2, 0.25) is 0 Å². The van der Waals surface area contributed by atoms with E-state index in [2.05, 4.69) is 0 Å². The number of piperidine rings is 1. The number of carbonyl (C=O) groups excluding carboxylic acids is 2. The van der Waals surface area contributed by atoms with E-state index in [-0.39, 0.29) is 30.6 Å². The van der Waals surface area contributed by atoms with Gasteiger partial charge in [0, 0.05) is 36.4 Å². The summed E-state index contributed by atoms with van der Waals surface area (Å²) < 4.78 is 40.9. The summed E-state index contributed by atoms with van der Waals surface area (Å²) in [6.07, 6.45) is 1.36. The Morgan fingerprint density at radius 2 is 1.66 bits per heavy atom. The average Bonchev–Trinajstić information content (AvgIpc) is 2.83. The van der Waals surface area contributed by atoms with Crippen molar-refractivity contribution >= 4 is 11.8 Å². The molecule has 3 aromatic carbocycles. The van der Waals surface area contributed by atoms with Crippen LogP contribution in [-0.2, 0) is 15.0 Å². The quantitative estimate of drug-likeness (QED) is 0.475. The molecule has 1 saturated heterocycles. The molecule has 7 heteroatoms. The Hall–Kier alpha value is -3.61. The fourth-order valence-electron chi connectivity index (χ4n) is 4.96. The maximum Gasteiger partial charge on any atom is 0.223 e. The predicted octanol–water partition coefficient (Wildman–Crippen LogP) is 5.66. The van der Waals surface area contributed by atoms with Crippen molar-refractivity contribution in [3.8, 4) is 11.1 Å². The molecule has 4 nitrogen and oxygen atoms in total. The highest BCUT2D eigenvalue weighted by Gasteiger charge is 2.41. The second-order valence-corrected chi connectivity index (χ2v) is 9.19. The molecule has 1 unspecified atom stereocenters. The molecule has 0 bridgehead atoms. The summed E-state index contributed by atoms with van der Waals surface area (Å²) in [6, 6.07) is 16.5. The standard InChI is InChI=1S/C28H27F3N2O2/c1-18(19-2-4-20(5-3-19)24-11-10-23(30)16-25(24)31)33-15-14-28(17-27(33)35,13-12-26(32)34)21-6-8-22(29)9-7-21/h2-11,16,18H,12-15,17H2,1H3,(H2,32,34)/t18-,28?/m0/s1. The summed E-state index contributed by atoms with van der Waals surface area (Å²) in [4.78, 5) is 26.6. The average molecular weight is 481 g/mol. The molecule has 4 rings (SSSR count). The van der Waals surface area contributed by atoms with Crippen molar-refractivity contribution in [3.05, 3.63) is 95.3 Å². The molecule has 1 aliphatic rings. The van der Waals surface area contributed by atoms with E-state index in [0.717, 1.165) is 17.2 Å². The van der Waals surface area contributed by atoms with E-state index >= 15 is 0 Å². The van der Waals surface area contributed by atoms with Gasteiger partial charge >= 0.3 is 0 Å². The van der Waals surface area contributed by atoms with E-state index < -0.39 is 23.0 Å². The van der Waals surface area contributed by atoms with Gasteiger partial charge in [-0.25, -0.2) is 13.2 Å². The lowest BCUT2D eigenvalue weighted by atomic mass is 9.69. The Labute approximate surface area is 202 Å². The molecule has 35 heavy (non-hydrogen) atoms. The fraction of sp³-hybridized carbons (Fsp3) is 0.286. The first-order chi connectivity index (χ1) is 16.7. The van der Waals surface area contributed by atoms with Crippen LogP contribution in [-0.4, -0.2) is 23.3 Å². The fourth-order valence-corrected chi connectivity index (χ4v) is 4.96. The first-order valence-corrected chi connectivity index (χ1v) is 11.6. The zero-order chi connectivity index (χ0) is 25.2. The lowest BCUT2D eigenvalue weighted by Crippen LogP contribution is -2.47. The Morgan fingerprint density at radius 3 is 2.26 bits per heavy atom. The number of primary amides is 1. The third-order valence-corrected chi connectivity index (χ3v) is 7.05. The Kier molecular flexibility index (Phi) is 6.96. The van der Waals surface area contributed by atoms with Gasteiger partial charge in [-0.3, -0.25) is 9.59 Å². The summed E-state index contributed by atoms with van der Waals surface area (Å²) in [6.45, 7) is 2.39. The molecule has 0 spiro atoms. The monoisotopic (exact) mass is 480 g/mol. The summed E-state index contributed by atoms with van der Waals surface area (Å²) in [5, 5.41) is 0. The number of halogens is 3. The molecule has 2 amide bonds. The molecule has 1 fully saturated rings. The molecular weight excluding hydrogens is 453 g/mol. The second-order valence-electron chi connectivity index (χ2n) is 9.19. The first-order valence-electron chi connectivity index (χ1n) is 11.6. The molecule has 2 atom stereocenters. The van der Waals surface area contributed by atoms with E-state index in [9.17, 15) is 22.8 Å². The molecule has 1 aliphatic heterocycles. The van der Waals surface area contributed by atoms with Crippen LogP contribution in [0.3, 0.4) is 0 Å². The van der Waals surface area contributed by atoms with Gasteiger partial charge in [0.2, 0.25) is 11.8 Å². The van der Waals surface area contributed by atoms with Crippen LogP contribution in [0.25, 0.3) is 11.1 Å². The van der Waals surface area contributed by atoms with Gasteiger partial charge in [0.05, 0.1) is 6.04 Å².